The van der Waals surface area contributed by atoms with Crippen molar-refractivity contribution in [1.82, 2.24) is 25.9 Å². The van der Waals surface area contributed by atoms with Gasteiger partial charge in [-0.3, -0.25) is 4.79 Å². The molecule has 0 saturated carbocycles. The largest absolute Gasteiger partial charge is 0.398 e. The van der Waals surface area contributed by atoms with Crippen molar-refractivity contribution in [1.29, 1.82) is 0 Å². The summed E-state index contributed by atoms with van der Waals surface area (Å²) < 4.78 is 0. The maximum atomic E-state index is 11.9. The number of aromatic nitrogens is 4. The van der Waals surface area contributed by atoms with Gasteiger partial charge in [-0.1, -0.05) is 17.3 Å². The summed E-state index contributed by atoms with van der Waals surface area (Å²) in [7, 11) is 0. The second kappa shape index (κ2) is 4.60. The van der Waals surface area contributed by atoms with Gasteiger partial charge in [0.05, 0.1) is 12.1 Å². The van der Waals surface area contributed by atoms with Gasteiger partial charge in [-0.25, -0.2) is 0 Å². The van der Waals surface area contributed by atoms with Gasteiger partial charge >= 0.3 is 0 Å². The molecule has 0 bridgehead atoms. The standard InChI is InChI=1S/C10H12N6O/c1-6-3-2-4-7(11)9(6)10(17)12-5-8-13-15-16-14-8/h2-4H,5,11H2,1H3,(H,12,17)(H,13,14,15,16). The third kappa shape index (κ3) is 2.39. The van der Waals surface area contributed by atoms with E-state index in [2.05, 4.69) is 25.9 Å². The molecule has 0 radical (unpaired) electrons. The van der Waals surface area contributed by atoms with E-state index < -0.39 is 0 Å². The topological polar surface area (TPSA) is 110 Å². The highest BCUT2D eigenvalue weighted by atomic mass is 16.1. The molecule has 17 heavy (non-hydrogen) atoms. The van der Waals surface area contributed by atoms with Crippen LogP contribution >= 0.6 is 0 Å². The van der Waals surface area contributed by atoms with E-state index in [1.807, 2.05) is 13.0 Å². The molecule has 88 valence electrons. The number of hydrogen-bond donors (Lipinski definition) is 3. The first-order valence-corrected chi connectivity index (χ1v) is 5.04. The molecular weight excluding hydrogens is 220 g/mol. The number of hydrogen-bond acceptors (Lipinski definition) is 5. The van der Waals surface area contributed by atoms with E-state index in [0.29, 0.717) is 17.1 Å². The minimum atomic E-state index is -0.245. The number of nitrogens with one attached hydrogen (secondary N) is 2. The average Bonchev–Trinajstić information content (AvgIpc) is 2.79. The van der Waals surface area contributed by atoms with Crippen LogP contribution in [-0.4, -0.2) is 26.5 Å². The number of carbonyl (C=O) groups excluding carboxylic acids is 1. The Kier molecular flexibility index (Phi) is 2.99. The van der Waals surface area contributed by atoms with Crippen LogP contribution in [0, 0.1) is 6.92 Å². The molecular formula is C10H12N6O. The van der Waals surface area contributed by atoms with Crippen molar-refractivity contribution in [2.45, 2.75) is 13.5 Å². The predicted molar refractivity (Wildman–Crippen MR) is 60.9 cm³/mol. The number of benzene rings is 1. The van der Waals surface area contributed by atoms with Crippen LogP contribution in [0.1, 0.15) is 21.7 Å². The first-order valence-electron chi connectivity index (χ1n) is 5.04. The molecule has 2 rings (SSSR count). The second-order valence-corrected chi connectivity index (χ2v) is 3.55. The zero-order valence-corrected chi connectivity index (χ0v) is 9.27. The average molecular weight is 232 g/mol. The molecule has 1 amide bonds. The molecule has 0 saturated heterocycles. The van der Waals surface area contributed by atoms with E-state index in [9.17, 15) is 4.79 Å². The van der Waals surface area contributed by atoms with Crippen LogP contribution in [0.15, 0.2) is 18.2 Å². The minimum Gasteiger partial charge on any atom is -0.398 e. The molecule has 4 N–H and O–H groups in total. The lowest BCUT2D eigenvalue weighted by Gasteiger charge is -2.08. The zero-order chi connectivity index (χ0) is 12.3. The van der Waals surface area contributed by atoms with E-state index >= 15 is 0 Å². The summed E-state index contributed by atoms with van der Waals surface area (Å²) in [5.74, 6) is 0.177. The maximum absolute atomic E-state index is 11.9. The van der Waals surface area contributed by atoms with Crippen molar-refractivity contribution in [2.24, 2.45) is 0 Å². The van der Waals surface area contributed by atoms with Crippen LogP contribution in [0.5, 0.6) is 0 Å². The van der Waals surface area contributed by atoms with Gasteiger partial charge in [-0.15, -0.1) is 10.2 Å². The number of amides is 1. The summed E-state index contributed by atoms with van der Waals surface area (Å²) in [5.41, 5.74) is 7.53. The molecule has 2 aromatic rings. The molecule has 0 spiro atoms. The van der Waals surface area contributed by atoms with E-state index in [4.69, 9.17) is 5.73 Å². The SMILES string of the molecule is Cc1cccc(N)c1C(=O)NCc1nn[nH]n1. The highest BCUT2D eigenvalue weighted by Gasteiger charge is 2.12. The Hall–Kier alpha value is -2.44. The summed E-state index contributed by atoms with van der Waals surface area (Å²) >= 11 is 0. The van der Waals surface area contributed by atoms with Gasteiger partial charge in [0.15, 0.2) is 5.82 Å². The van der Waals surface area contributed by atoms with Gasteiger partial charge < -0.3 is 11.1 Å². The summed E-state index contributed by atoms with van der Waals surface area (Å²) in [6.45, 7) is 2.04. The number of rotatable bonds is 3. The molecule has 0 aliphatic heterocycles. The number of nitrogens with two attached hydrogens (primary N) is 1. The highest BCUT2D eigenvalue weighted by molar-refractivity contribution is 6.00. The van der Waals surface area contributed by atoms with Gasteiger partial charge in [0.2, 0.25) is 0 Å². The van der Waals surface area contributed by atoms with Crippen LogP contribution in [0.4, 0.5) is 5.69 Å². The molecule has 0 atom stereocenters. The van der Waals surface area contributed by atoms with Gasteiger partial charge in [-0.2, -0.15) is 5.21 Å². The molecule has 0 aliphatic rings. The predicted octanol–water partition coefficient (Wildman–Crippen LogP) is 0.0203. The van der Waals surface area contributed by atoms with Crippen molar-refractivity contribution in [2.75, 3.05) is 5.73 Å². The Balaban J connectivity index is 2.10. The van der Waals surface area contributed by atoms with Crippen LogP contribution in [0.3, 0.4) is 0 Å². The van der Waals surface area contributed by atoms with Crippen molar-refractivity contribution in [3.8, 4) is 0 Å². The fourth-order valence-electron chi connectivity index (χ4n) is 1.51. The van der Waals surface area contributed by atoms with Gasteiger partial charge in [-0.05, 0) is 18.6 Å². The summed E-state index contributed by atoms with van der Waals surface area (Å²) in [5, 5.41) is 15.9. The van der Waals surface area contributed by atoms with Crippen LogP contribution < -0.4 is 11.1 Å². The molecule has 1 heterocycles. The zero-order valence-electron chi connectivity index (χ0n) is 9.27. The molecule has 7 heteroatoms. The fourth-order valence-corrected chi connectivity index (χ4v) is 1.51. The van der Waals surface area contributed by atoms with Crippen LogP contribution in [0.2, 0.25) is 0 Å². The quantitative estimate of drug-likeness (QED) is 0.646. The summed E-state index contributed by atoms with van der Waals surface area (Å²) in [4.78, 5) is 11.9. The number of tetrazole rings is 1. The number of nitrogen functional groups attached to an aromatic ring is 1. The number of anilines is 1. The molecule has 0 fully saturated rings. The van der Waals surface area contributed by atoms with Gasteiger partial charge in [0, 0.05) is 5.69 Å². The van der Waals surface area contributed by atoms with Crippen molar-refractivity contribution in [3.05, 3.63) is 35.2 Å². The second-order valence-electron chi connectivity index (χ2n) is 3.55. The number of aromatic amines is 1. The highest BCUT2D eigenvalue weighted by Crippen LogP contribution is 2.15. The summed E-state index contributed by atoms with van der Waals surface area (Å²) in [6, 6.07) is 5.33. The minimum absolute atomic E-state index is 0.211. The summed E-state index contributed by atoms with van der Waals surface area (Å²) in [6.07, 6.45) is 0. The Bertz CT molecular complexity index is 501. The van der Waals surface area contributed by atoms with Crippen molar-refractivity contribution in [3.63, 3.8) is 0 Å². The number of carbonyl (C=O) groups is 1. The van der Waals surface area contributed by atoms with E-state index in [-0.39, 0.29) is 12.5 Å². The molecule has 0 unspecified atom stereocenters. The Morgan fingerprint density at radius 1 is 1.53 bits per heavy atom. The van der Waals surface area contributed by atoms with Gasteiger partial charge in [0.1, 0.15) is 0 Å². The lowest BCUT2D eigenvalue weighted by molar-refractivity contribution is 0.0950. The number of aryl methyl sites for hydroxylation is 1. The Morgan fingerprint density at radius 3 is 3.00 bits per heavy atom. The Labute approximate surface area is 97.4 Å². The Morgan fingerprint density at radius 2 is 2.35 bits per heavy atom. The molecule has 1 aromatic heterocycles. The fraction of sp³-hybridized carbons (Fsp3) is 0.200. The maximum Gasteiger partial charge on any atom is 0.254 e. The smallest absolute Gasteiger partial charge is 0.254 e. The third-order valence-corrected chi connectivity index (χ3v) is 2.33. The lowest BCUT2D eigenvalue weighted by atomic mass is 10.1. The van der Waals surface area contributed by atoms with E-state index in [0.717, 1.165) is 5.56 Å². The third-order valence-electron chi connectivity index (χ3n) is 2.33. The number of H-pyrrole nitrogens is 1. The number of nitrogens with zero attached hydrogens (tertiary/aromatic N) is 3. The normalized spacial score (nSPS) is 10.2. The molecule has 7 nitrogen and oxygen atoms in total. The molecule has 0 aliphatic carbocycles. The first kappa shape index (κ1) is 11.1. The van der Waals surface area contributed by atoms with Crippen molar-refractivity contribution >= 4 is 11.6 Å². The van der Waals surface area contributed by atoms with E-state index in [1.165, 1.54) is 0 Å². The lowest BCUT2D eigenvalue weighted by Crippen LogP contribution is -2.25. The van der Waals surface area contributed by atoms with E-state index in [1.54, 1.807) is 12.1 Å². The van der Waals surface area contributed by atoms with Gasteiger partial charge in [0.25, 0.3) is 5.91 Å². The first-order chi connectivity index (χ1) is 8.18. The van der Waals surface area contributed by atoms with Crippen LogP contribution in [-0.2, 0) is 6.54 Å². The molecule has 1 aromatic carbocycles. The van der Waals surface area contributed by atoms with Crippen LogP contribution in [0.25, 0.3) is 0 Å². The van der Waals surface area contributed by atoms with Crippen molar-refractivity contribution < 1.29 is 4.79 Å². The monoisotopic (exact) mass is 232 g/mol.